The zero-order valence-corrected chi connectivity index (χ0v) is 6.60. The fourth-order valence-corrected chi connectivity index (χ4v) is 0.959. The maximum atomic E-state index is 4.10. The number of nitrogens with zero attached hydrogens (tertiary/aromatic N) is 4. The third-order valence-electron chi connectivity index (χ3n) is 1.53. The number of aromatic nitrogens is 4. The largest absolute Gasteiger partial charge is 0.259 e. The van der Waals surface area contributed by atoms with Crippen molar-refractivity contribution in [1.29, 1.82) is 0 Å². The molecular formula is C8H7N4. The molecule has 2 aromatic heterocycles. The summed E-state index contributed by atoms with van der Waals surface area (Å²) in [6.45, 7) is 1.92. The number of hydrogen-bond donors (Lipinski definition) is 0. The van der Waals surface area contributed by atoms with Gasteiger partial charge in [-0.05, 0) is 6.92 Å². The minimum Gasteiger partial charge on any atom is -0.259 e. The van der Waals surface area contributed by atoms with Crippen LogP contribution in [-0.4, -0.2) is 19.7 Å². The monoisotopic (exact) mass is 159 g/mol. The second-order valence-corrected chi connectivity index (χ2v) is 2.35. The van der Waals surface area contributed by atoms with Crippen molar-refractivity contribution in [3.05, 3.63) is 36.5 Å². The van der Waals surface area contributed by atoms with Crippen LogP contribution in [0, 0.1) is 13.0 Å². The van der Waals surface area contributed by atoms with Crippen LogP contribution in [0.5, 0.6) is 0 Å². The van der Waals surface area contributed by atoms with Crippen molar-refractivity contribution in [2.45, 2.75) is 6.92 Å². The Hall–Kier alpha value is -1.71. The Morgan fingerprint density at radius 2 is 2.33 bits per heavy atom. The summed E-state index contributed by atoms with van der Waals surface area (Å²) in [6, 6.07) is 2.95. The fourth-order valence-electron chi connectivity index (χ4n) is 0.959. The second-order valence-electron chi connectivity index (χ2n) is 2.35. The molecule has 2 heterocycles. The van der Waals surface area contributed by atoms with Crippen molar-refractivity contribution in [3.8, 4) is 5.82 Å². The lowest BCUT2D eigenvalue weighted by atomic mass is 10.5. The molecule has 0 amide bonds. The minimum absolute atomic E-state index is 0.719. The van der Waals surface area contributed by atoms with Crippen LogP contribution in [0.15, 0.2) is 24.8 Å². The van der Waals surface area contributed by atoms with Crippen LogP contribution < -0.4 is 0 Å². The normalized spacial score (nSPS) is 10.1. The summed E-state index contributed by atoms with van der Waals surface area (Å²) >= 11 is 0. The molecule has 0 aliphatic rings. The average Bonchev–Trinajstić information content (AvgIpc) is 2.53. The molecule has 0 aromatic carbocycles. The number of aryl methyl sites for hydroxylation is 1. The molecule has 0 atom stereocenters. The lowest BCUT2D eigenvalue weighted by Gasteiger charge is -1.99. The van der Waals surface area contributed by atoms with E-state index in [4.69, 9.17) is 0 Å². The van der Waals surface area contributed by atoms with Crippen molar-refractivity contribution >= 4 is 0 Å². The van der Waals surface area contributed by atoms with Crippen molar-refractivity contribution in [2.24, 2.45) is 0 Å². The topological polar surface area (TPSA) is 43.6 Å². The van der Waals surface area contributed by atoms with Crippen LogP contribution in [0.3, 0.4) is 0 Å². The quantitative estimate of drug-likeness (QED) is 0.617. The standard InChI is InChI=1S/C8H7N4/c1-7-2-3-11-12(7)8-6-9-4-5-10-8/h3-6H,1H3. The maximum Gasteiger partial charge on any atom is 0.172 e. The molecule has 0 fully saturated rings. The van der Waals surface area contributed by atoms with Gasteiger partial charge in [0.25, 0.3) is 0 Å². The lowest BCUT2D eigenvalue weighted by molar-refractivity contribution is 0.809. The predicted octanol–water partition coefficient (Wildman–Crippen LogP) is 0.771. The minimum atomic E-state index is 0.719. The van der Waals surface area contributed by atoms with Gasteiger partial charge in [0.2, 0.25) is 0 Å². The highest BCUT2D eigenvalue weighted by Crippen LogP contribution is 2.02. The Morgan fingerprint density at radius 1 is 1.42 bits per heavy atom. The lowest BCUT2D eigenvalue weighted by Crippen LogP contribution is -2.01. The molecule has 12 heavy (non-hydrogen) atoms. The van der Waals surface area contributed by atoms with E-state index in [9.17, 15) is 0 Å². The SMILES string of the molecule is Cc1[c]cnn1-c1cnccn1. The molecule has 1 radical (unpaired) electrons. The average molecular weight is 159 g/mol. The van der Waals surface area contributed by atoms with Crippen molar-refractivity contribution < 1.29 is 0 Å². The summed E-state index contributed by atoms with van der Waals surface area (Å²) in [5.41, 5.74) is 0.926. The van der Waals surface area contributed by atoms with E-state index < -0.39 is 0 Å². The summed E-state index contributed by atoms with van der Waals surface area (Å²) in [4.78, 5) is 8.04. The fraction of sp³-hybridized carbons (Fsp3) is 0.125. The smallest absolute Gasteiger partial charge is 0.172 e. The van der Waals surface area contributed by atoms with E-state index in [2.05, 4.69) is 21.1 Å². The van der Waals surface area contributed by atoms with Crippen LogP contribution >= 0.6 is 0 Å². The van der Waals surface area contributed by atoms with Crippen LogP contribution in [0.1, 0.15) is 5.69 Å². The third-order valence-corrected chi connectivity index (χ3v) is 1.53. The van der Waals surface area contributed by atoms with Gasteiger partial charge in [0.15, 0.2) is 5.82 Å². The Kier molecular flexibility index (Phi) is 1.59. The molecule has 0 N–H and O–H groups in total. The molecule has 0 bridgehead atoms. The number of hydrogen-bond acceptors (Lipinski definition) is 3. The Balaban J connectivity index is 2.51. The second kappa shape index (κ2) is 2.73. The summed E-state index contributed by atoms with van der Waals surface area (Å²) < 4.78 is 1.69. The summed E-state index contributed by atoms with van der Waals surface area (Å²) in [7, 11) is 0. The van der Waals surface area contributed by atoms with E-state index in [1.54, 1.807) is 29.5 Å². The first-order chi connectivity index (χ1) is 5.88. The third kappa shape index (κ3) is 1.07. The van der Waals surface area contributed by atoms with E-state index in [0.29, 0.717) is 0 Å². The van der Waals surface area contributed by atoms with Gasteiger partial charge >= 0.3 is 0 Å². The Morgan fingerprint density at radius 3 is 2.92 bits per heavy atom. The van der Waals surface area contributed by atoms with Gasteiger partial charge < -0.3 is 0 Å². The summed E-state index contributed by atoms with van der Waals surface area (Å²) in [5, 5.41) is 4.04. The highest BCUT2D eigenvalue weighted by molar-refractivity contribution is 5.18. The first-order valence-electron chi connectivity index (χ1n) is 3.56. The van der Waals surface area contributed by atoms with Crippen LogP contribution in [-0.2, 0) is 0 Å². The summed E-state index contributed by atoms with van der Waals surface area (Å²) in [6.07, 6.45) is 6.54. The summed E-state index contributed by atoms with van der Waals surface area (Å²) in [5.74, 6) is 0.719. The Bertz CT molecular complexity index is 366. The molecule has 0 unspecified atom stereocenters. The molecule has 2 rings (SSSR count). The van der Waals surface area contributed by atoms with Gasteiger partial charge in [0.05, 0.1) is 18.1 Å². The molecule has 0 aliphatic carbocycles. The first kappa shape index (κ1) is 6.97. The van der Waals surface area contributed by atoms with Gasteiger partial charge in [-0.15, -0.1) is 0 Å². The van der Waals surface area contributed by atoms with E-state index in [1.807, 2.05) is 6.92 Å². The Labute approximate surface area is 69.9 Å². The first-order valence-corrected chi connectivity index (χ1v) is 3.56. The van der Waals surface area contributed by atoms with Gasteiger partial charge in [-0.2, -0.15) is 5.10 Å². The van der Waals surface area contributed by atoms with Crippen molar-refractivity contribution in [1.82, 2.24) is 19.7 Å². The van der Waals surface area contributed by atoms with Gasteiger partial charge in [0.1, 0.15) is 0 Å². The molecule has 0 saturated heterocycles. The molecular weight excluding hydrogens is 152 g/mol. The molecule has 0 spiro atoms. The van der Waals surface area contributed by atoms with Gasteiger partial charge in [-0.25, -0.2) is 9.67 Å². The highest BCUT2D eigenvalue weighted by Gasteiger charge is 2.00. The molecule has 4 nitrogen and oxygen atoms in total. The zero-order chi connectivity index (χ0) is 8.39. The number of rotatable bonds is 1. The van der Waals surface area contributed by atoms with Gasteiger partial charge in [-0.1, -0.05) is 0 Å². The van der Waals surface area contributed by atoms with E-state index in [1.165, 1.54) is 0 Å². The molecule has 59 valence electrons. The van der Waals surface area contributed by atoms with Gasteiger partial charge in [0, 0.05) is 18.5 Å². The molecule has 4 heteroatoms. The highest BCUT2D eigenvalue weighted by atomic mass is 15.3. The zero-order valence-electron chi connectivity index (χ0n) is 6.60. The van der Waals surface area contributed by atoms with Crippen molar-refractivity contribution in [3.63, 3.8) is 0 Å². The molecule has 0 saturated carbocycles. The molecule has 2 aromatic rings. The van der Waals surface area contributed by atoms with E-state index in [0.717, 1.165) is 11.5 Å². The van der Waals surface area contributed by atoms with E-state index >= 15 is 0 Å². The van der Waals surface area contributed by atoms with Crippen LogP contribution in [0.25, 0.3) is 5.82 Å². The van der Waals surface area contributed by atoms with E-state index in [-0.39, 0.29) is 0 Å². The van der Waals surface area contributed by atoms with Gasteiger partial charge in [-0.3, -0.25) is 4.98 Å². The van der Waals surface area contributed by atoms with Crippen molar-refractivity contribution in [2.75, 3.05) is 0 Å². The molecule has 0 aliphatic heterocycles. The van der Waals surface area contributed by atoms with Crippen LogP contribution in [0.4, 0.5) is 0 Å². The maximum absolute atomic E-state index is 4.10. The van der Waals surface area contributed by atoms with Crippen LogP contribution in [0.2, 0.25) is 0 Å². The predicted molar refractivity (Wildman–Crippen MR) is 42.7 cm³/mol.